The summed E-state index contributed by atoms with van der Waals surface area (Å²) in [7, 11) is 0. The number of carboxylic acid groups (broad SMARTS) is 4. The van der Waals surface area contributed by atoms with Gasteiger partial charge in [0, 0.05) is 70.0 Å². The summed E-state index contributed by atoms with van der Waals surface area (Å²) in [6.07, 6.45) is 21.9. The average Bonchev–Trinajstić information content (AvgIpc) is 1.59. The van der Waals surface area contributed by atoms with Crippen molar-refractivity contribution >= 4 is 196 Å². The quantitative estimate of drug-likeness (QED) is 0.0214. The Morgan fingerprint density at radius 2 is 0.693 bits per heavy atom. The van der Waals surface area contributed by atoms with Crippen LogP contribution in [0, 0.1) is 6.57 Å². The van der Waals surface area contributed by atoms with E-state index >= 15 is 0 Å². The van der Waals surface area contributed by atoms with E-state index in [0.29, 0.717) is 40.8 Å². The van der Waals surface area contributed by atoms with Crippen LogP contribution in [0.25, 0.3) is 62.9 Å². The number of aliphatic carboxylic acids is 4. The highest BCUT2D eigenvalue weighted by Gasteiger charge is 2.46. The molecule has 5 aliphatic heterocycles. The van der Waals surface area contributed by atoms with Crippen LogP contribution < -0.4 is 29.5 Å². The number of carbonyl (C=O) groups is 6. The van der Waals surface area contributed by atoms with Gasteiger partial charge in [0.25, 0.3) is 23.1 Å². The lowest BCUT2D eigenvalue weighted by Gasteiger charge is -2.27. The number of thiazole rings is 1. The van der Waals surface area contributed by atoms with Gasteiger partial charge in [-0.15, -0.1) is 11.3 Å². The molecule has 8 aliphatic rings. The molecule has 6 unspecified atom stereocenters. The van der Waals surface area contributed by atoms with Crippen LogP contribution in [0.2, 0.25) is 0 Å². The molecular weight excluding hydrogens is 1800 g/mol. The minimum atomic E-state index is -1.24. The van der Waals surface area contributed by atoms with Crippen molar-refractivity contribution in [1.29, 1.82) is 0 Å². The number of nitrogens with zero attached hydrogens (tertiary/aromatic N) is 7. The summed E-state index contributed by atoms with van der Waals surface area (Å²) in [5.74, 6) is -4.60. The third kappa shape index (κ3) is 19.3. The minimum absolute atomic E-state index is 0.0372. The number of fused-ring (bicyclic) bond motifs is 9. The van der Waals surface area contributed by atoms with E-state index in [1.54, 1.807) is 6.08 Å². The maximum atomic E-state index is 13.6. The average molecular weight is 1900 g/mol. The lowest BCUT2D eigenvalue weighted by molar-refractivity contribution is -0.140. The summed E-state index contributed by atoms with van der Waals surface area (Å²) < 4.78 is 1.77. The number of thiocarbonyl (C=S) groups is 2. The molecule has 4 N–H and O–H groups in total. The molecule has 1 aromatic heterocycles. The molecule has 3 aliphatic carbocycles. The third-order valence-corrected chi connectivity index (χ3v) is 30.5. The highest BCUT2D eigenvalue weighted by atomic mass is 32.2. The first-order valence-electron chi connectivity index (χ1n) is 45.5. The molecule has 5 fully saturated rings. The monoisotopic (exact) mass is 1890 g/mol. The SMILES string of the molecule is O=C(O)CN1C(=O)/C(=C\c2ccc3c(c2)C2CCCC2N3c2ccc(C=C(c3ccccc3)c3ccccc3)cc2)SC1=S.O=C(O)CN1C(=O)/C(=c2\s/c(=C/c3ccc4c(c3)C3CCCC3N4c3ccc(C=C(c4ccccc4)c4ccccc4)cc3)c(=O)n2CC(=O)O)SC1=S.[C-]#[N+]/C(=C\c1ccc2c(c1)C1CCCC1N2c1ccc(C=C(c2ccccc2)c2ccccc2)cc1)C(=O)O. The van der Waals surface area contributed by atoms with Crippen LogP contribution >= 0.6 is 59.3 Å². The third-order valence-electron chi connectivity index (χ3n) is 26.5. The minimum Gasteiger partial charge on any atom is -0.486 e. The van der Waals surface area contributed by atoms with Crippen molar-refractivity contribution < 1.29 is 49.2 Å². The Bertz CT molecular complexity index is 7220. The largest absolute Gasteiger partial charge is 0.486 e. The molecule has 13 aromatic rings. The number of hydrogen-bond acceptors (Lipinski definition) is 15. The number of hydrogen-bond donors (Lipinski definition) is 4. The molecule has 3 saturated carbocycles. The predicted molar refractivity (Wildman–Crippen MR) is 557 cm³/mol. The van der Waals surface area contributed by atoms with E-state index in [1.807, 2.05) is 60.7 Å². The van der Waals surface area contributed by atoms with Crippen LogP contribution in [0.15, 0.2) is 325 Å². The molecule has 0 bridgehead atoms. The summed E-state index contributed by atoms with van der Waals surface area (Å²) in [6, 6.07) is 109. The lowest BCUT2D eigenvalue weighted by Crippen LogP contribution is -2.36. The van der Waals surface area contributed by atoms with Gasteiger partial charge in [-0.1, -0.05) is 310 Å². The lowest BCUT2D eigenvalue weighted by atomic mass is 9.95. The number of anilines is 6. The first-order chi connectivity index (χ1) is 66.7. The Morgan fingerprint density at radius 1 is 0.372 bits per heavy atom. The highest BCUT2D eigenvalue weighted by Crippen LogP contribution is 2.56. The van der Waals surface area contributed by atoms with Gasteiger partial charge in [-0.25, -0.2) is 4.85 Å². The van der Waals surface area contributed by atoms with Crippen molar-refractivity contribution in [1.82, 2.24) is 14.4 Å². The molecule has 0 spiro atoms. The van der Waals surface area contributed by atoms with Gasteiger partial charge in [0.2, 0.25) is 0 Å². The zero-order valence-electron chi connectivity index (χ0n) is 74.2. The molecule has 12 aromatic carbocycles. The van der Waals surface area contributed by atoms with Crippen LogP contribution in [0.3, 0.4) is 0 Å². The Morgan fingerprint density at radius 3 is 1.04 bits per heavy atom. The summed E-state index contributed by atoms with van der Waals surface area (Å²) in [5, 5.41) is 37.3. The van der Waals surface area contributed by atoms with Crippen molar-refractivity contribution in [3.63, 3.8) is 0 Å². The number of amides is 2. The second kappa shape index (κ2) is 40.3. The van der Waals surface area contributed by atoms with E-state index in [4.69, 9.17) is 36.1 Å². The smallest absolute Gasteiger partial charge is 0.333 e. The Hall–Kier alpha value is -14.9. The zero-order chi connectivity index (χ0) is 94.5. The number of carbonyl (C=O) groups excluding carboxylic acids is 2. The van der Waals surface area contributed by atoms with Crippen molar-refractivity contribution in [2.75, 3.05) is 27.8 Å². The first kappa shape index (κ1) is 91.2. The molecule has 21 rings (SSSR count). The van der Waals surface area contributed by atoms with E-state index in [9.17, 15) is 48.9 Å². The zero-order valence-corrected chi connectivity index (χ0v) is 78.3. The van der Waals surface area contributed by atoms with Crippen molar-refractivity contribution in [3.8, 4) is 0 Å². The number of carboxylic acids is 4. The van der Waals surface area contributed by atoms with Gasteiger partial charge in [0.15, 0.2) is 0 Å². The molecular formula is C114H91N7O11S5. The predicted octanol–water partition coefficient (Wildman–Crippen LogP) is 23.0. The fraction of sp³-hybridized carbons (Fsp3) is 0.158. The summed E-state index contributed by atoms with van der Waals surface area (Å²) in [5.41, 5.74) is 26.4. The van der Waals surface area contributed by atoms with E-state index < -0.39 is 55.0 Å². The van der Waals surface area contributed by atoms with Crippen LogP contribution in [0.5, 0.6) is 0 Å². The van der Waals surface area contributed by atoms with Gasteiger partial charge in [-0.3, -0.25) is 47.9 Å². The van der Waals surface area contributed by atoms with E-state index in [-0.39, 0.29) is 34.3 Å². The molecule has 23 heteroatoms. The van der Waals surface area contributed by atoms with Gasteiger partial charge in [-0.2, -0.15) is 0 Å². The normalized spacial score (nSPS) is 18.9. The van der Waals surface area contributed by atoms with E-state index in [0.717, 1.165) is 156 Å². The number of benzene rings is 12. The van der Waals surface area contributed by atoms with Gasteiger partial charge in [0.05, 0.1) is 16.0 Å². The first-order valence-corrected chi connectivity index (χ1v) is 48.8. The highest BCUT2D eigenvalue weighted by molar-refractivity contribution is 8.30. The molecule has 6 heterocycles. The van der Waals surface area contributed by atoms with Gasteiger partial charge in [0.1, 0.15) is 37.8 Å². The maximum Gasteiger partial charge on any atom is 0.333 e. The van der Waals surface area contributed by atoms with Crippen molar-refractivity contribution in [2.45, 2.75) is 100 Å². The molecule has 678 valence electrons. The summed E-state index contributed by atoms with van der Waals surface area (Å²) >= 11 is 13.6. The summed E-state index contributed by atoms with van der Waals surface area (Å²) in [6.45, 7) is 5.48. The molecule has 2 saturated heterocycles. The van der Waals surface area contributed by atoms with Gasteiger partial charge in [-0.05, 0) is 242 Å². The van der Waals surface area contributed by atoms with Crippen LogP contribution in [-0.4, -0.2) is 110 Å². The van der Waals surface area contributed by atoms with E-state index in [1.165, 1.54) is 91.8 Å². The number of aromatic nitrogens is 1. The maximum absolute atomic E-state index is 13.6. The number of rotatable bonds is 22. The fourth-order valence-corrected chi connectivity index (χ4v) is 24.2. The van der Waals surface area contributed by atoms with Gasteiger partial charge < -0.3 is 35.1 Å². The van der Waals surface area contributed by atoms with Crippen LogP contribution in [0.1, 0.15) is 159 Å². The summed E-state index contributed by atoms with van der Waals surface area (Å²) in [4.78, 5) is 98.5. The topological polar surface area (TPSA) is 226 Å². The van der Waals surface area contributed by atoms with Crippen LogP contribution in [-0.2, 0) is 35.3 Å². The molecule has 18 nitrogen and oxygen atoms in total. The van der Waals surface area contributed by atoms with Crippen LogP contribution in [0.4, 0.5) is 34.1 Å². The van der Waals surface area contributed by atoms with E-state index in [2.05, 4.69) is 293 Å². The molecule has 0 radical (unpaired) electrons. The second-order valence-corrected chi connectivity index (χ2v) is 39.2. The van der Waals surface area contributed by atoms with Crippen molar-refractivity contribution in [3.05, 3.63) is 434 Å². The number of thioether (sulfide) groups is 2. The van der Waals surface area contributed by atoms with Crippen molar-refractivity contribution in [2.24, 2.45) is 0 Å². The Labute approximate surface area is 815 Å². The Balaban J connectivity index is 0.000000133. The molecule has 137 heavy (non-hydrogen) atoms. The Kier molecular flexibility index (Phi) is 26.9. The second-order valence-electron chi connectivity index (χ2n) is 34.8. The van der Waals surface area contributed by atoms with Gasteiger partial charge >= 0.3 is 23.9 Å². The fourth-order valence-electron chi connectivity index (χ4n) is 20.4. The molecule has 2 amide bonds. The molecule has 6 atom stereocenters. The standard InChI is InChI=1S/C42H33N3O6S3.C37H30N2O3S2.C35H28N2O2/c46-36(47)23-43-39(50)35(53-41(43)38-40(51)44(24-37(48)49)42(52)54-38)22-26-16-19-34-32(21-26)30-12-7-13-33(30)45(34)29-17-14-25(15-18-29)20-31(27-8-3-1-4-9-27)28-10-5-2-6-11-28;40-35(41)23-38-36(42)34(44-37(38)43)22-25-16-19-33-31(21-25)29-12-7-13-32(29)39(33)28-17-14-24(15-18-28)20-30(26-8-3-1-4-9-26)27-10-5-2-6-11-27;1-36-32(35(38)39)23-25-17-20-34-31(22-25)29-13-8-14-33(29)37(34)28-18-15-24(16-19-28)21-30(26-9-4-2-5-10-26)27-11-6-3-7-12-27/h1-6,8-11,14-22,30,33H,7,12-13,23-24H2,(H,46,47)(H,48,49);1-6,8-11,14-22,29,32H,7,12-13,23H2,(H,40,41);2-7,9-12,15-23,29,33H,8,13-14H2,(H,38,39)/b35-22+,41-38+;34-22+;32-23-.